The summed E-state index contributed by atoms with van der Waals surface area (Å²) in [7, 11) is 0. The fourth-order valence-electron chi connectivity index (χ4n) is 1.06. The molecule has 0 aliphatic rings. The molecule has 0 bridgehead atoms. The molecule has 0 fully saturated rings. The van der Waals surface area contributed by atoms with Gasteiger partial charge < -0.3 is 0 Å². The van der Waals surface area contributed by atoms with Gasteiger partial charge in [0.05, 0.1) is 5.56 Å². The summed E-state index contributed by atoms with van der Waals surface area (Å²) in [5.74, 6) is -1.15. The van der Waals surface area contributed by atoms with Crippen LogP contribution in [0.1, 0.15) is 17.6 Å². The van der Waals surface area contributed by atoms with Crippen LogP contribution in [0.5, 0.6) is 0 Å². The van der Waals surface area contributed by atoms with E-state index in [2.05, 4.69) is 15.9 Å². The zero-order chi connectivity index (χ0) is 11.8. The average molecular weight is 293 g/mol. The van der Waals surface area contributed by atoms with Gasteiger partial charge in [-0.1, -0.05) is 15.9 Å². The molecule has 0 spiro atoms. The van der Waals surface area contributed by atoms with Crippen LogP contribution in [-0.2, 0) is 6.18 Å². The van der Waals surface area contributed by atoms with E-state index in [1.54, 1.807) is 0 Å². The number of hydrogen-bond donors (Lipinski definition) is 0. The Labute approximate surface area is 89.0 Å². The van der Waals surface area contributed by atoms with E-state index in [1.807, 2.05) is 0 Å². The summed E-state index contributed by atoms with van der Waals surface area (Å²) in [5.41, 5.74) is -2.91. The lowest BCUT2D eigenvalue weighted by Gasteiger charge is -2.14. The third kappa shape index (κ3) is 2.64. The maximum Gasteiger partial charge on any atom is 0.417 e. The molecular formula is C8H3BrF6. The Bertz CT molecular complexity index is 370. The number of rotatable bonds is 1. The maximum absolute atomic E-state index is 12.6. The molecule has 0 atom stereocenters. The van der Waals surface area contributed by atoms with Crippen LogP contribution in [0.2, 0.25) is 0 Å². The minimum Gasteiger partial charge on any atom is -0.207 e. The molecule has 0 N–H and O–H groups in total. The summed E-state index contributed by atoms with van der Waals surface area (Å²) in [6, 6.07) is 0.674. The van der Waals surface area contributed by atoms with Gasteiger partial charge >= 0.3 is 6.18 Å². The topological polar surface area (TPSA) is 0 Å². The van der Waals surface area contributed by atoms with Crippen molar-refractivity contribution >= 4 is 15.9 Å². The summed E-state index contributed by atoms with van der Waals surface area (Å²) in [4.78, 5) is 0. The van der Waals surface area contributed by atoms with Crippen LogP contribution < -0.4 is 0 Å². The van der Waals surface area contributed by atoms with Crippen molar-refractivity contribution in [3.63, 3.8) is 0 Å². The first kappa shape index (κ1) is 12.4. The summed E-state index contributed by atoms with van der Waals surface area (Å²) < 4.78 is 73.3. The molecule has 0 saturated carbocycles. The SMILES string of the molecule is Fc1cc(Br)c(C(F)(F)F)c(C(F)F)c1. The Morgan fingerprint density at radius 1 is 1.13 bits per heavy atom. The molecule has 7 heteroatoms. The average Bonchev–Trinajstić information content (AvgIpc) is 1.99. The van der Waals surface area contributed by atoms with Crippen LogP contribution >= 0.6 is 15.9 Å². The number of benzene rings is 1. The van der Waals surface area contributed by atoms with E-state index >= 15 is 0 Å². The third-order valence-corrected chi connectivity index (χ3v) is 2.23. The van der Waals surface area contributed by atoms with Gasteiger partial charge in [0.25, 0.3) is 6.43 Å². The predicted octanol–water partition coefficient (Wildman–Crippen LogP) is 4.54. The van der Waals surface area contributed by atoms with Gasteiger partial charge in [-0.3, -0.25) is 0 Å². The second-order valence-corrected chi connectivity index (χ2v) is 3.50. The quantitative estimate of drug-likeness (QED) is 0.667. The van der Waals surface area contributed by atoms with Crippen LogP contribution in [0.4, 0.5) is 26.3 Å². The molecule has 1 aromatic carbocycles. The van der Waals surface area contributed by atoms with Crippen molar-refractivity contribution < 1.29 is 26.3 Å². The number of alkyl halides is 5. The summed E-state index contributed by atoms with van der Waals surface area (Å²) in [6.07, 6.45) is -8.33. The van der Waals surface area contributed by atoms with Crippen molar-refractivity contribution in [2.24, 2.45) is 0 Å². The summed E-state index contributed by atoms with van der Waals surface area (Å²) in [5, 5.41) is 0. The third-order valence-electron chi connectivity index (χ3n) is 1.60. The summed E-state index contributed by atoms with van der Waals surface area (Å²) in [6.45, 7) is 0. The van der Waals surface area contributed by atoms with Crippen molar-refractivity contribution in [2.45, 2.75) is 12.6 Å². The van der Waals surface area contributed by atoms with Crippen LogP contribution in [-0.4, -0.2) is 0 Å². The largest absolute Gasteiger partial charge is 0.417 e. The minimum absolute atomic E-state index is 0.179. The molecule has 0 aromatic heterocycles. The lowest BCUT2D eigenvalue weighted by molar-refractivity contribution is -0.140. The zero-order valence-electron chi connectivity index (χ0n) is 6.88. The Kier molecular flexibility index (Phi) is 3.32. The van der Waals surface area contributed by atoms with Gasteiger partial charge in [-0.15, -0.1) is 0 Å². The molecular weight excluding hydrogens is 290 g/mol. The van der Waals surface area contributed by atoms with E-state index < -0.39 is 34.0 Å². The van der Waals surface area contributed by atoms with E-state index in [-0.39, 0.29) is 6.07 Å². The molecule has 1 rings (SSSR count). The van der Waals surface area contributed by atoms with Crippen molar-refractivity contribution in [3.05, 3.63) is 33.5 Å². The van der Waals surface area contributed by atoms with Gasteiger partial charge in [0.2, 0.25) is 0 Å². The molecule has 0 radical (unpaired) electrons. The second-order valence-electron chi connectivity index (χ2n) is 2.65. The summed E-state index contributed by atoms with van der Waals surface area (Å²) >= 11 is 2.41. The standard InChI is InChI=1S/C8H3BrF6/c9-5-2-3(10)1-4(7(11)12)6(5)8(13,14)15/h1-2,7H. The van der Waals surface area contributed by atoms with Crippen molar-refractivity contribution in [1.82, 2.24) is 0 Å². The number of hydrogen-bond acceptors (Lipinski definition) is 0. The monoisotopic (exact) mass is 292 g/mol. The Hall–Kier alpha value is -0.720. The molecule has 0 unspecified atom stereocenters. The number of halogens is 7. The predicted molar refractivity (Wildman–Crippen MR) is 44.1 cm³/mol. The smallest absolute Gasteiger partial charge is 0.207 e. The zero-order valence-corrected chi connectivity index (χ0v) is 8.46. The first-order chi connectivity index (χ1) is 6.73. The molecule has 0 aliphatic heterocycles. The molecule has 0 amide bonds. The Morgan fingerprint density at radius 3 is 2.07 bits per heavy atom. The maximum atomic E-state index is 12.6. The van der Waals surface area contributed by atoms with Gasteiger partial charge in [0.15, 0.2) is 0 Å². The molecule has 0 aliphatic carbocycles. The van der Waals surface area contributed by atoms with Gasteiger partial charge in [-0.05, 0) is 12.1 Å². The van der Waals surface area contributed by atoms with Crippen molar-refractivity contribution in [3.8, 4) is 0 Å². The second kappa shape index (κ2) is 4.03. The highest BCUT2D eigenvalue weighted by Gasteiger charge is 2.38. The lowest BCUT2D eigenvalue weighted by atomic mass is 10.1. The molecule has 15 heavy (non-hydrogen) atoms. The van der Waals surface area contributed by atoms with Gasteiger partial charge in [0, 0.05) is 10.0 Å². The Morgan fingerprint density at radius 2 is 1.67 bits per heavy atom. The van der Waals surface area contributed by atoms with E-state index in [9.17, 15) is 26.3 Å². The van der Waals surface area contributed by atoms with Crippen LogP contribution in [0, 0.1) is 5.82 Å². The lowest BCUT2D eigenvalue weighted by Crippen LogP contribution is -2.11. The highest BCUT2D eigenvalue weighted by Crippen LogP contribution is 2.41. The first-order valence-corrected chi connectivity index (χ1v) is 4.37. The molecule has 1 aromatic rings. The highest BCUT2D eigenvalue weighted by atomic mass is 79.9. The molecule has 0 saturated heterocycles. The van der Waals surface area contributed by atoms with Crippen LogP contribution in [0.25, 0.3) is 0 Å². The first-order valence-electron chi connectivity index (χ1n) is 3.57. The Balaban J connectivity index is 3.48. The fourth-order valence-corrected chi connectivity index (χ4v) is 1.74. The van der Waals surface area contributed by atoms with Crippen LogP contribution in [0.3, 0.4) is 0 Å². The van der Waals surface area contributed by atoms with E-state index in [1.165, 1.54) is 0 Å². The molecule has 0 heterocycles. The normalized spacial score (nSPS) is 12.3. The van der Waals surface area contributed by atoms with E-state index in [4.69, 9.17) is 0 Å². The minimum atomic E-state index is -4.95. The highest BCUT2D eigenvalue weighted by molar-refractivity contribution is 9.10. The van der Waals surface area contributed by atoms with E-state index in [0.29, 0.717) is 6.07 Å². The van der Waals surface area contributed by atoms with Gasteiger partial charge in [-0.25, -0.2) is 13.2 Å². The fraction of sp³-hybridized carbons (Fsp3) is 0.250. The molecule has 84 valence electrons. The van der Waals surface area contributed by atoms with Crippen molar-refractivity contribution in [1.29, 1.82) is 0 Å². The molecule has 0 nitrogen and oxygen atoms in total. The van der Waals surface area contributed by atoms with Gasteiger partial charge in [-0.2, -0.15) is 13.2 Å². The van der Waals surface area contributed by atoms with E-state index in [0.717, 1.165) is 0 Å². The van der Waals surface area contributed by atoms with Crippen LogP contribution in [0.15, 0.2) is 16.6 Å². The van der Waals surface area contributed by atoms with Gasteiger partial charge in [0.1, 0.15) is 5.82 Å². The van der Waals surface area contributed by atoms with Crippen molar-refractivity contribution in [2.75, 3.05) is 0 Å².